The number of alkyl halides is 1. The van der Waals surface area contributed by atoms with Gasteiger partial charge in [0.15, 0.2) is 0 Å². The number of halogens is 1. The minimum Gasteiger partial charge on any atom is -0.394 e. The molecule has 1 amide bonds. The third-order valence-electron chi connectivity index (χ3n) is 1.66. The SMILES string of the molecule is CC(Cl)C(=O)NC(CO)(CO)CO. The molecule has 0 fully saturated rings. The van der Waals surface area contributed by atoms with Crippen LogP contribution in [0.5, 0.6) is 0 Å². The molecule has 0 spiro atoms. The quantitative estimate of drug-likeness (QED) is 0.415. The van der Waals surface area contributed by atoms with Gasteiger partial charge in [-0.1, -0.05) is 0 Å². The van der Waals surface area contributed by atoms with E-state index in [-0.39, 0.29) is 0 Å². The van der Waals surface area contributed by atoms with Crippen LogP contribution in [0.4, 0.5) is 0 Å². The minimum atomic E-state index is -1.39. The van der Waals surface area contributed by atoms with E-state index < -0.39 is 36.6 Å². The highest BCUT2D eigenvalue weighted by molar-refractivity contribution is 6.30. The highest BCUT2D eigenvalue weighted by Gasteiger charge is 2.30. The average molecular weight is 212 g/mol. The van der Waals surface area contributed by atoms with Gasteiger partial charge in [-0.05, 0) is 6.92 Å². The summed E-state index contributed by atoms with van der Waals surface area (Å²) in [6.07, 6.45) is 0. The van der Waals surface area contributed by atoms with Crippen LogP contribution in [0.1, 0.15) is 6.92 Å². The Hall–Kier alpha value is -0.360. The first-order valence-electron chi connectivity index (χ1n) is 3.80. The molecule has 0 aliphatic heterocycles. The second-order valence-corrected chi connectivity index (χ2v) is 3.51. The molecular weight excluding hydrogens is 198 g/mol. The lowest BCUT2D eigenvalue weighted by molar-refractivity contribution is -0.124. The molecule has 0 aromatic carbocycles. The maximum atomic E-state index is 11.1. The lowest BCUT2D eigenvalue weighted by Gasteiger charge is -2.29. The Morgan fingerprint density at radius 2 is 1.77 bits per heavy atom. The predicted octanol–water partition coefficient (Wildman–Crippen LogP) is -1.55. The number of aliphatic hydroxyl groups excluding tert-OH is 3. The summed E-state index contributed by atoms with van der Waals surface area (Å²) in [5.41, 5.74) is -1.39. The molecule has 13 heavy (non-hydrogen) atoms. The third kappa shape index (κ3) is 3.48. The normalized spacial score (nSPS) is 13.9. The van der Waals surface area contributed by atoms with Crippen LogP contribution in [0.25, 0.3) is 0 Å². The summed E-state index contributed by atoms with van der Waals surface area (Å²) in [5, 5.41) is 28.0. The Balaban J connectivity index is 4.33. The third-order valence-corrected chi connectivity index (χ3v) is 1.86. The lowest BCUT2D eigenvalue weighted by Crippen LogP contribution is -2.58. The van der Waals surface area contributed by atoms with Crippen molar-refractivity contribution in [1.29, 1.82) is 0 Å². The van der Waals surface area contributed by atoms with Crippen molar-refractivity contribution < 1.29 is 20.1 Å². The predicted molar refractivity (Wildman–Crippen MR) is 47.4 cm³/mol. The zero-order chi connectivity index (χ0) is 10.5. The second-order valence-electron chi connectivity index (χ2n) is 2.86. The van der Waals surface area contributed by atoms with Crippen molar-refractivity contribution in [2.24, 2.45) is 0 Å². The fourth-order valence-electron chi connectivity index (χ4n) is 0.629. The van der Waals surface area contributed by atoms with Crippen molar-refractivity contribution in [3.8, 4) is 0 Å². The van der Waals surface area contributed by atoms with E-state index in [0.717, 1.165) is 0 Å². The van der Waals surface area contributed by atoms with E-state index in [0.29, 0.717) is 0 Å². The summed E-state index contributed by atoms with van der Waals surface area (Å²) < 4.78 is 0. The van der Waals surface area contributed by atoms with E-state index in [2.05, 4.69) is 5.32 Å². The van der Waals surface area contributed by atoms with Crippen molar-refractivity contribution in [3.05, 3.63) is 0 Å². The molecule has 0 aliphatic rings. The van der Waals surface area contributed by atoms with Crippen LogP contribution >= 0.6 is 11.6 Å². The van der Waals surface area contributed by atoms with Crippen LogP contribution in [0.15, 0.2) is 0 Å². The summed E-state index contributed by atoms with van der Waals surface area (Å²) in [6.45, 7) is -0.187. The van der Waals surface area contributed by atoms with Gasteiger partial charge >= 0.3 is 0 Å². The van der Waals surface area contributed by atoms with Crippen molar-refractivity contribution in [2.75, 3.05) is 19.8 Å². The summed E-state index contributed by atoms with van der Waals surface area (Å²) >= 11 is 5.45. The fourth-order valence-corrected chi connectivity index (χ4v) is 0.684. The van der Waals surface area contributed by atoms with E-state index in [1.54, 1.807) is 0 Å². The van der Waals surface area contributed by atoms with Crippen LogP contribution in [-0.4, -0.2) is 52.0 Å². The van der Waals surface area contributed by atoms with Crippen molar-refractivity contribution in [3.63, 3.8) is 0 Å². The first-order chi connectivity index (χ1) is 6.01. The topological polar surface area (TPSA) is 89.8 Å². The zero-order valence-electron chi connectivity index (χ0n) is 7.33. The number of hydrogen-bond donors (Lipinski definition) is 4. The van der Waals surface area contributed by atoms with Gasteiger partial charge in [0, 0.05) is 0 Å². The van der Waals surface area contributed by atoms with E-state index in [1.165, 1.54) is 6.92 Å². The molecule has 78 valence electrons. The number of carbonyl (C=O) groups excluding carboxylic acids is 1. The number of hydrogen-bond acceptors (Lipinski definition) is 4. The zero-order valence-corrected chi connectivity index (χ0v) is 8.08. The maximum absolute atomic E-state index is 11.1. The highest BCUT2D eigenvalue weighted by atomic mass is 35.5. The molecule has 0 saturated heterocycles. The van der Waals surface area contributed by atoms with E-state index in [9.17, 15) is 4.79 Å². The highest BCUT2D eigenvalue weighted by Crippen LogP contribution is 2.04. The molecule has 0 aliphatic carbocycles. The summed E-state index contributed by atoms with van der Waals surface area (Å²) in [5.74, 6) is -0.543. The van der Waals surface area contributed by atoms with Crippen LogP contribution in [0, 0.1) is 0 Å². The standard InChI is InChI=1S/C7H14ClNO4/c1-5(8)6(13)9-7(2-10,3-11)4-12/h5,10-12H,2-4H2,1H3,(H,9,13). The van der Waals surface area contributed by atoms with Gasteiger partial charge in [0.2, 0.25) is 5.91 Å². The first kappa shape index (κ1) is 12.6. The van der Waals surface area contributed by atoms with Gasteiger partial charge in [0.25, 0.3) is 0 Å². The molecule has 0 aromatic heterocycles. The Morgan fingerprint density at radius 1 is 1.38 bits per heavy atom. The van der Waals surface area contributed by atoms with Gasteiger partial charge in [-0.25, -0.2) is 0 Å². The van der Waals surface area contributed by atoms with E-state index in [1.807, 2.05) is 0 Å². The van der Waals surface area contributed by atoms with Gasteiger partial charge in [-0.2, -0.15) is 0 Å². The monoisotopic (exact) mass is 211 g/mol. The van der Waals surface area contributed by atoms with E-state index in [4.69, 9.17) is 26.9 Å². The van der Waals surface area contributed by atoms with Gasteiger partial charge in [0.05, 0.1) is 19.8 Å². The number of carbonyl (C=O) groups is 1. The molecule has 0 aromatic rings. The number of aliphatic hydroxyl groups is 3. The molecule has 1 unspecified atom stereocenters. The second kappa shape index (κ2) is 5.39. The maximum Gasteiger partial charge on any atom is 0.238 e. The van der Waals surface area contributed by atoms with Crippen LogP contribution < -0.4 is 5.32 Å². The summed E-state index contributed by atoms with van der Waals surface area (Å²) in [4.78, 5) is 11.1. The van der Waals surface area contributed by atoms with Gasteiger partial charge in [0.1, 0.15) is 10.9 Å². The van der Waals surface area contributed by atoms with Crippen molar-refractivity contribution in [2.45, 2.75) is 17.8 Å². The van der Waals surface area contributed by atoms with E-state index >= 15 is 0 Å². The molecule has 4 N–H and O–H groups in total. The molecular formula is C7H14ClNO4. The van der Waals surface area contributed by atoms with Crippen molar-refractivity contribution >= 4 is 17.5 Å². The molecule has 5 nitrogen and oxygen atoms in total. The number of rotatable bonds is 5. The molecule has 1 atom stereocenters. The summed E-state index contributed by atoms with van der Waals surface area (Å²) in [6, 6.07) is 0. The molecule has 0 saturated carbocycles. The molecule has 0 radical (unpaired) electrons. The fraction of sp³-hybridized carbons (Fsp3) is 0.857. The molecule has 0 rings (SSSR count). The van der Waals surface area contributed by atoms with Crippen LogP contribution in [-0.2, 0) is 4.79 Å². The lowest BCUT2D eigenvalue weighted by atomic mass is 10.0. The van der Waals surface area contributed by atoms with Gasteiger partial charge in [-0.3, -0.25) is 4.79 Å². The summed E-state index contributed by atoms with van der Waals surface area (Å²) in [7, 11) is 0. The Labute approximate surface area is 81.3 Å². The Bertz CT molecular complexity index is 162. The molecule has 0 heterocycles. The van der Waals surface area contributed by atoms with Crippen LogP contribution in [0.2, 0.25) is 0 Å². The number of nitrogens with one attached hydrogen (secondary N) is 1. The van der Waals surface area contributed by atoms with Crippen LogP contribution in [0.3, 0.4) is 0 Å². The minimum absolute atomic E-state index is 0.543. The number of amides is 1. The Kier molecular flexibility index (Phi) is 5.24. The first-order valence-corrected chi connectivity index (χ1v) is 4.23. The van der Waals surface area contributed by atoms with Gasteiger partial charge in [-0.15, -0.1) is 11.6 Å². The average Bonchev–Trinajstić information content (AvgIpc) is 2.14. The molecule has 0 bridgehead atoms. The smallest absolute Gasteiger partial charge is 0.238 e. The molecule has 6 heteroatoms. The van der Waals surface area contributed by atoms with Gasteiger partial charge < -0.3 is 20.6 Å². The largest absolute Gasteiger partial charge is 0.394 e. The Morgan fingerprint density at radius 3 is 2.00 bits per heavy atom. The van der Waals surface area contributed by atoms with Crippen molar-refractivity contribution in [1.82, 2.24) is 5.32 Å².